The Morgan fingerprint density at radius 1 is 1.21 bits per heavy atom. The van der Waals surface area contributed by atoms with Gasteiger partial charge < -0.3 is 5.73 Å². The molecule has 0 aromatic heterocycles. The van der Waals surface area contributed by atoms with E-state index in [-0.39, 0.29) is 36.8 Å². The molecule has 3 N–H and O–H groups in total. The zero-order valence-electron chi connectivity index (χ0n) is 12.7. The Balaban J connectivity index is 1.94. The van der Waals surface area contributed by atoms with Crippen LogP contribution in [0.3, 0.4) is 0 Å². The monoisotopic (exact) mass is 329 g/mol. The largest absolute Gasteiger partial charge is 0.370 e. The maximum atomic E-state index is 12.7. The van der Waals surface area contributed by atoms with E-state index in [1.54, 1.807) is 12.1 Å². The van der Waals surface area contributed by atoms with Crippen molar-refractivity contribution in [1.82, 2.24) is 10.2 Å². The first-order chi connectivity index (χ1) is 11.4. The van der Waals surface area contributed by atoms with E-state index >= 15 is 0 Å². The molecule has 3 rings (SSSR count). The van der Waals surface area contributed by atoms with Crippen LogP contribution < -0.4 is 11.1 Å². The van der Waals surface area contributed by atoms with Crippen LogP contribution in [0.2, 0.25) is 0 Å². The normalized spacial score (nSPS) is 20.2. The van der Waals surface area contributed by atoms with Gasteiger partial charge in [-0.1, -0.05) is 12.1 Å². The molecule has 0 radical (unpaired) electrons. The van der Waals surface area contributed by atoms with Crippen molar-refractivity contribution in [2.24, 2.45) is 5.73 Å². The van der Waals surface area contributed by atoms with Gasteiger partial charge in [0.1, 0.15) is 6.04 Å². The molecule has 2 aliphatic heterocycles. The molecule has 0 aliphatic carbocycles. The lowest BCUT2D eigenvalue weighted by Gasteiger charge is -2.27. The van der Waals surface area contributed by atoms with Gasteiger partial charge >= 0.3 is 0 Å². The molecular formula is C16H15N3O5. The summed E-state index contributed by atoms with van der Waals surface area (Å²) in [6, 6.07) is 3.78. The topological polar surface area (TPSA) is 127 Å². The van der Waals surface area contributed by atoms with Crippen molar-refractivity contribution in [3.05, 3.63) is 34.9 Å². The van der Waals surface area contributed by atoms with Crippen LogP contribution in [0.1, 0.15) is 45.5 Å². The molecule has 1 aromatic rings. The number of hydrogen-bond donors (Lipinski definition) is 2. The van der Waals surface area contributed by atoms with Crippen molar-refractivity contribution in [1.29, 1.82) is 0 Å². The second-order valence-corrected chi connectivity index (χ2v) is 5.75. The Morgan fingerprint density at radius 2 is 1.96 bits per heavy atom. The zero-order valence-corrected chi connectivity index (χ0v) is 12.7. The average Bonchev–Trinajstić information content (AvgIpc) is 2.78. The van der Waals surface area contributed by atoms with Gasteiger partial charge in [-0.25, -0.2) is 0 Å². The molecule has 1 aromatic carbocycles. The lowest BCUT2D eigenvalue weighted by molar-refractivity contribution is -0.136. The Morgan fingerprint density at radius 3 is 2.62 bits per heavy atom. The fraction of sp³-hybridized carbons (Fsp3) is 0.312. The maximum absolute atomic E-state index is 12.7. The molecule has 8 heteroatoms. The summed E-state index contributed by atoms with van der Waals surface area (Å²) in [5.74, 6) is -2.73. The third kappa shape index (κ3) is 2.55. The number of rotatable bonds is 4. The number of amides is 5. The van der Waals surface area contributed by atoms with E-state index in [1.807, 2.05) is 0 Å². The second kappa shape index (κ2) is 5.88. The lowest BCUT2D eigenvalue weighted by atomic mass is 9.99. The van der Waals surface area contributed by atoms with Gasteiger partial charge in [-0.2, -0.15) is 0 Å². The highest BCUT2D eigenvalue weighted by molar-refractivity contribution is 6.24. The van der Waals surface area contributed by atoms with E-state index in [9.17, 15) is 24.0 Å². The van der Waals surface area contributed by atoms with Gasteiger partial charge in [-0.3, -0.25) is 34.2 Å². The number of nitrogens with one attached hydrogen (secondary N) is 1. The summed E-state index contributed by atoms with van der Waals surface area (Å²) in [6.45, 7) is 0. The van der Waals surface area contributed by atoms with Crippen LogP contribution in [-0.2, 0) is 20.8 Å². The number of hydrogen-bond acceptors (Lipinski definition) is 5. The van der Waals surface area contributed by atoms with Gasteiger partial charge in [-0.05, 0) is 24.5 Å². The maximum Gasteiger partial charge on any atom is 0.262 e. The fourth-order valence-corrected chi connectivity index (χ4v) is 3.05. The molecule has 8 nitrogen and oxygen atoms in total. The average molecular weight is 329 g/mol. The van der Waals surface area contributed by atoms with Gasteiger partial charge in [0.25, 0.3) is 11.8 Å². The number of carbonyl (C=O) groups is 5. The third-order valence-electron chi connectivity index (χ3n) is 4.20. The molecule has 1 saturated heterocycles. The molecule has 1 fully saturated rings. The highest BCUT2D eigenvalue weighted by atomic mass is 16.2. The number of primary amides is 1. The zero-order chi connectivity index (χ0) is 17.4. The van der Waals surface area contributed by atoms with E-state index in [2.05, 4.69) is 5.32 Å². The molecule has 0 bridgehead atoms. The minimum atomic E-state index is -1.00. The van der Waals surface area contributed by atoms with Crippen LogP contribution >= 0.6 is 0 Å². The standard InChI is InChI=1S/C16H15N3O5/c17-11(20)6-4-8-2-1-3-9-13(8)16(24)19(15(9)23)10-5-7-12(21)18-14(10)22/h1-3,10H,4-7H2,(H2,17,20)(H,18,21,22). The van der Waals surface area contributed by atoms with Crippen molar-refractivity contribution in [3.8, 4) is 0 Å². The molecular weight excluding hydrogens is 314 g/mol. The summed E-state index contributed by atoms with van der Waals surface area (Å²) in [7, 11) is 0. The van der Waals surface area contributed by atoms with Crippen LogP contribution in [0.4, 0.5) is 0 Å². The highest BCUT2D eigenvalue weighted by Crippen LogP contribution is 2.30. The van der Waals surface area contributed by atoms with Crippen molar-refractivity contribution in [3.63, 3.8) is 0 Å². The molecule has 24 heavy (non-hydrogen) atoms. The summed E-state index contributed by atoms with van der Waals surface area (Å²) in [5, 5.41) is 2.14. The van der Waals surface area contributed by atoms with Crippen LogP contribution in [0.5, 0.6) is 0 Å². The van der Waals surface area contributed by atoms with Crippen LogP contribution in [0, 0.1) is 0 Å². The summed E-state index contributed by atoms with van der Waals surface area (Å²) in [6.07, 6.45) is 0.460. The van der Waals surface area contributed by atoms with Gasteiger partial charge in [0.15, 0.2) is 0 Å². The van der Waals surface area contributed by atoms with Crippen molar-refractivity contribution >= 4 is 29.5 Å². The second-order valence-electron chi connectivity index (χ2n) is 5.75. The Kier molecular flexibility index (Phi) is 3.88. The number of nitrogens with two attached hydrogens (primary N) is 1. The Labute approximate surface area is 137 Å². The molecule has 5 amide bonds. The van der Waals surface area contributed by atoms with E-state index in [0.29, 0.717) is 5.56 Å². The van der Waals surface area contributed by atoms with Gasteiger partial charge in [0.2, 0.25) is 17.7 Å². The molecule has 1 unspecified atom stereocenters. The van der Waals surface area contributed by atoms with Crippen LogP contribution in [0.25, 0.3) is 0 Å². The van der Waals surface area contributed by atoms with Crippen molar-refractivity contribution in [2.45, 2.75) is 31.7 Å². The number of imide groups is 2. The third-order valence-corrected chi connectivity index (χ3v) is 4.20. The van der Waals surface area contributed by atoms with Gasteiger partial charge in [-0.15, -0.1) is 0 Å². The molecule has 0 spiro atoms. The number of nitrogens with zero attached hydrogens (tertiary/aromatic N) is 1. The molecule has 2 heterocycles. The predicted molar refractivity (Wildman–Crippen MR) is 80.6 cm³/mol. The first-order valence-electron chi connectivity index (χ1n) is 7.52. The van der Waals surface area contributed by atoms with E-state index in [4.69, 9.17) is 5.73 Å². The Bertz CT molecular complexity index is 786. The quantitative estimate of drug-likeness (QED) is 0.720. The van der Waals surface area contributed by atoms with Crippen LogP contribution in [-0.4, -0.2) is 40.5 Å². The molecule has 0 saturated carbocycles. The first-order valence-corrected chi connectivity index (χ1v) is 7.52. The smallest absolute Gasteiger partial charge is 0.262 e. The fourth-order valence-electron chi connectivity index (χ4n) is 3.05. The number of carbonyl (C=O) groups excluding carboxylic acids is 5. The van der Waals surface area contributed by atoms with E-state index < -0.39 is 35.6 Å². The summed E-state index contributed by atoms with van der Waals surface area (Å²) in [4.78, 5) is 60.4. The summed E-state index contributed by atoms with van der Waals surface area (Å²) >= 11 is 0. The van der Waals surface area contributed by atoms with Crippen molar-refractivity contribution < 1.29 is 24.0 Å². The van der Waals surface area contributed by atoms with Gasteiger partial charge in [0.05, 0.1) is 11.1 Å². The van der Waals surface area contributed by atoms with Crippen LogP contribution in [0.15, 0.2) is 18.2 Å². The highest BCUT2D eigenvalue weighted by Gasteiger charge is 2.45. The molecule has 2 aliphatic rings. The first kappa shape index (κ1) is 15.9. The number of fused-ring (bicyclic) bond motifs is 1. The van der Waals surface area contributed by atoms with E-state index in [1.165, 1.54) is 6.07 Å². The number of aryl methyl sites for hydroxylation is 1. The van der Waals surface area contributed by atoms with Gasteiger partial charge in [0, 0.05) is 12.8 Å². The lowest BCUT2D eigenvalue weighted by Crippen LogP contribution is -2.54. The van der Waals surface area contributed by atoms with Crippen molar-refractivity contribution in [2.75, 3.05) is 0 Å². The molecule has 1 atom stereocenters. The molecule has 124 valence electrons. The summed E-state index contributed by atoms with van der Waals surface area (Å²) < 4.78 is 0. The SMILES string of the molecule is NC(=O)CCc1cccc2c1C(=O)N(C1CCC(=O)NC1=O)C2=O. The number of benzene rings is 1. The summed E-state index contributed by atoms with van der Waals surface area (Å²) in [5.41, 5.74) is 6.08. The van der Waals surface area contributed by atoms with E-state index in [0.717, 1.165) is 4.90 Å². The predicted octanol–water partition coefficient (Wildman–Crippen LogP) is -0.494. The number of piperidine rings is 1. The minimum Gasteiger partial charge on any atom is -0.370 e. The minimum absolute atomic E-state index is 0.0519. The Hall–Kier alpha value is -3.03.